The highest BCUT2D eigenvalue weighted by atomic mass is 16.5. The number of likely N-dealkylation sites (N-methyl/N-ethyl adjacent to an activating group) is 1. The van der Waals surface area contributed by atoms with E-state index in [-0.39, 0.29) is 0 Å². The van der Waals surface area contributed by atoms with Gasteiger partial charge in [-0.2, -0.15) is 0 Å². The van der Waals surface area contributed by atoms with Crippen LogP contribution in [0.25, 0.3) is 0 Å². The molecule has 1 N–H and O–H groups in total. The predicted octanol–water partition coefficient (Wildman–Crippen LogP) is 2.26. The third-order valence-electron chi connectivity index (χ3n) is 3.82. The van der Waals surface area contributed by atoms with Gasteiger partial charge in [-0.25, -0.2) is 0 Å². The molecule has 1 heterocycles. The van der Waals surface area contributed by atoms with Crippen molar-refractivity contribution in [2.45, 2.75) is 71.2 Å². The summed E-state index contributed by atoms with van der Waals surface area (Å²) in [7, 11) is 2.26. The molecular weight excluding hydrogens is 212 g/mol. The van der Waals surface area contributed by atoms with Crippen LogP contribution in [0.3, 0.4) is 0 Å². The van der Waals surface area contributed by atoms with Crippen LogP contribution in [-0.4, -0.2) is 49.3 Å². The summed E-state index contributed by atoms with van der Waals surface area (Å²) in [5.74, 6) is 0. The second kappa shape index (κ2) is 7.34. The van der Waals surface area contributed by atoms with Crippen molar-refractivity contribution in [3.8, 4) is 0 Å². The first kappa shape index (κ1) is 14.9. The summed E-state index contributed by atoms with van der Waals surface area (Å²) in [6.45, 7) is 10.9. The van der Waals surface area contributed by atoms with Gasteiger partial charge in [0.15, 0.2) is 0 Å². The lowest BCUT2D eigenvalue weighted by molar-refractivity contribution is 0.0646. The highest BCUT2D eigenvalue weighted by Gasteiger charge is 2.31. The quantitative estimate of drug-likeness (QED) is 0.741. The summed E-state index contributed by atoms with van der Waals surface area (Å²) in [4.78, 5) is 2.54. The maximum Gasteiger partial charge on any atom is 0.0703 e. The number of hydrogen-bond donors (Lipinski definition) is 1. The van der Waals surface area contributed by atoms with Crippen LogP contribution in [0.2, 0.25) is 0 Å². The van der Waals surface area contributed by atoms with Crippen LogP contribution in [0.5, 0.6) is 0 Å². The Kier molecular flexibility index (Phi) is 6.45. The molecule has 3 heteroatoms. The molecule has 0 radical (unpaired) electrons. The van der Waals surface area contributed by atoms with Crippen LogP contribution in [0, 0.1) is 0 Å². The minimum atomic E-state index is 0.387. The highest BCUT2D eigenvalue weighted by molar-refractivity contribution is 4.85. The molecule has 17 heavy (non-hydrogen) atoms. The van der Waals surface area contributed by atoms with Gasteiger partial charge in [-0.05, 0) is 26.8 Å². The Labute approximate surface area is 107 Å². The van der Waals surface area contributed by atoms with Gasteiger partial charge in [-0.1, -0.05) is 27.2 Å². The molecule has 0 aromatic heterocycles. The summed E-state index contributed by atoms with van der Waals surface area (Å²) in [6, 6.07) is 1.80. The summed E-state index contributed by atoms with van der Waals surface area (Å²) in [5.41, 5.74) is 0. The summed E-state index contributed by atoms with van der Waals surface area (Å²) in [5, 5.41) is 3.57. The molecule has 3 unspecified atom stereocenters. The maximum absolute atomic E-state index is 5.68. The number of ether oxygens (including phenoxy) is 1. The van der Waals surface area contributed by atoms with Gasteiger partial charge in [0.05, 0.1) is 6.10 Å². The van der Waals surface area contributed by atoms with E-state index in [1.807, 2.05) is 0 Å². The lowest BCUT2D eigenvalue weighted by Crippen LogP contribution is -2.48. The van der Waals surface area contributed by atoms with E-state index in [9.17, 15) is 0 Å². The molecule has 3 atom stereocenters. The third kappa shape index (κ3) is 4.57. The van der Waals surface area contributed by atoms with Crippen molar-refractivity contribution in [2.75, 3.05) is 20.2 Å². The number of nitrogens with zero attached hydrogens (tertiary/aromatic N) is 1. The minimum absolute atomic E-state index is 0.387. The van der Waals surface area contributed by atoms with E-state index in [1.54, 1.807) is 0 Å². The maximum atomic E-state index is 5.68. The van der Waals surface area contributed by atoms with Gasteiger partial charge < -0.3 is 10.1 Å². The molecular formula is C14H30N2O. The Bertz CT molecular complexity index is 208. The van der Waals surface area contributed by atoms with E-state index in [0.29, 0.717) is 24.2 Å². The summed E-state index contributed by atoms with van der Waals surface area (Å²) < 4.78 is 5.68. The van der Waals surface area contributed by atoms with E-state index in [4.69, 9.17) is 4.74 Å². The molecule has 1 saturated heterocycles. The normalized spacial score (nSPS) is 27.0. The van der Waals surface area contributed by atoms with Crippen LogP contribution in [0.1, 0.15) is 47.0 Å². The second-order valence-corrected chi connectivity index (χ2v) is 5.60. The van der Waals surface area contributed by atoms with Gasteiger partial charge in [-0.3, -0.25) is 4.90 Å². The van der Waals surface area contributed by atoms with E-state index in [0.717, 1.165) is 13.2 Å². The van der Waals surface area contributed by atoms with E-state index < -0.39 is 0 Å². The lowest BCUT2D eigenvalue weighted by atomic mass is 10.0. The molecule has 0 aliphatic carbocycles. The Hall–Kier alpha value is -0.120. The first-order valence-electron chi connectivity index (χ1n) is 7.13. The van der Waals surface area contributed by atoms with Crippen LogP contribution in [-0.2, 0) is 4.74 Å². The SMILES string of the molecule is CCCC(CNC(C)C)N(C)C1CCOC1C. The third-order valence-corrected chi connectivity index (χ3v) is 3.82. The van der Waals surface area contributed by atoms with Crippen molar-refractivity contribution < 1.29 is 4.74 Å². The molecule has 3 nitrogen and oxygen atoms in total. The molecule has 1 aliphatic heterocycles. The van der Waals surface area contributed by atoms with E-state index in [1.165, 1.54) is 19.3 Å². The van der Waals surface area contributed by atoms with Crippen LogP contribution >= 0.6 is 0 Å². The van der Waals surface area contributed by atoms with Gasteiger partial charge in [0.1, 0.15) is 0 Å². The Morgan fingerprint density at radius 3 is 2.59 bits per heavy atom. The molecule has 0 aromatic rings. The van der Waals surface area contributed by atoms with Crippen LogP contribution in [0.4, 0.5) is 0 Å². The second-order valence-electron chi connectivity index (χ2n) is 5.60. The fourth-order valence-corrected chi connectivity index (χ4v) is 2.68. The highest BCUT2D eigenvalue weighted by Crippen LogP contribution is 2.21. The Balaban J connectivity index is 2.49. The molecule has 1 rings (SSSR count). The zero-order chi connectivity index (χ0) is 12.8. The van der Waals surface area contributed by atoms with Crippen molar-refractivity contribution >= 4 is 0 Å². The van der Waals surface area contributed by atoms with Crippen molar-refractivity contribution in [1.29, 1.82) is 0 Å². The standard InChI is InChI=1S/C14H30N2O/c1-6-7-13(10-15-11(2)3)16(5)14-8-9-17-12(14)4/h11-15H,6-10H2,1-5H3. The molecule has 0 aromatic carbocycles. The number of hydrogen-bond acceptors (Lipinski definition) is 3. The Morgan fingerprint density at radius 2 is 2.12 bits per heavy atom. The first-order chi connectivity index (χ1) is 8.06. The van der Waals surface area contributed by atoms with Crippen LogP contribution < -0.4 is 5.32 Å². The molecule has 102 valence electrons. The molecule has 0 spiro atoms. The van der Waals surface area contributed by atoms with E-state index in [2.05, 4.69) is 45.0 Å². The zero-order valence-corrected chi connectivity index (χ0v) is 12.2. The van der Waals surface area contributed by atoms with Crippen molar-refractivity contribution in [2.24, 2.45) is 0 Å². The van der Waals surface area contributed by atoms with Gasteiger partial charge in [0, 0.05) is 31.3 Å². The fourth-order valence-electron chi connectivity index (χ4n) is 2.68. The summed E-state index contributed by atoms with van der Waals surface area (Å²) >= 11 is 0. The number of nitrogens with one attached hydrogen (secondary N) is 1. The predicted molar refractivity (Wildman–Crippen MR) is 73.4 cm³/mol. The number of rotatable bonds is 7. The minimum Gasteiger partial charge on any atom is -0.377 e. The van der Waals surface area contributed by atoms with Gasteiger partial charge >= 0.3 is 0 Å². The molecule has 1 fully saturated rings. The van der Waals surface area contributed by atoms with E-state index >= 15 is 0 Å². The molecule has 0 amide bonds. The monoisotopic (exact) mass is 242 g/mol. The topological polar surface area (TPSA) is 24.5 Å². The molecule has 0 bridgehead atoms. The lowest BCUT2D eigenvalue weighted by Gasteiger charge is -2.35. The zero-order valence-electron chi connectivity index (χ0n) is 12.2. The van der Waals surface area contributed by atoms with Crippen molar-refractivity contribution in [3.05, 3.63) is 0 Å². The fraction of sp³-hybridized carbons (Fsp3) is 1.00. The average Bonchev–Trinajstić information content (AvgIpc) is 2.69. The van der Waals surface area contributed by atoms with Crippen LogP contribution in [0.15, 0.2) is 0 Å². The largest absolute Gasteiger partial charge is 0.377 e. The van der Waals surface area contributed by atoms with Gasteiger partial charge in [-0.15, -0.1) is 0 Å². The van der Waals surface area contributed by atoms with Crippen molar-refractivity contribution in [3.63, 3.8) is 0 Å². The molecule has 0 saturated carbocycles. The Morgan fingerprint density at radius 1 is 1.41 bits per heavy atom. The van der Waals surface area contributed by atoms with Gasteiger partial charge in [0.25, 0.3) is 0 Å². The molecule has 1 aliphatic rings. The first-order valence-corrected chi connectivity index (χ1v) is 7.13. The van der Waals surface area contributed by atoms with Gasteiger partial charge in [0.2, 0.25) is 0 Å². The summed E-state index contributed by atoms with van der Waals surface area (Å²) in [6.07, 6.45) is 4.08. The smallest absolute Gasteiger partial charge is 0.0703 e. The average molecular weight is 242 g/mol. The van der Waals surface area contributed by atoms with Crippen molar-refractivity contribution in [1.82, 2.24) is 10.2 Å².